The highest BCUT2D eigenvalue weighted by Crippen LogP contribution is 2.26. The lowest BCUT2D eigenvalue weighted by molar-refractivity contribution is -0.485. The molecule has 33 heteroatoms. The molecule has 2 aliphatic heterocycles. The summed E-state index contributed by atoms with van der Waals surface area (Å²) in [6.07, 6.45) is 10.2. The number of hydrazone groups is 1. The molecular formula is C91H115N19O14. The first-order valence-electron chi connectivity index (χ1n) is 41.5. The molecule has 11 rings (SSSR count). The van der Waals surface area contributed by atoms with Crippen LogP contribution >= 0.6 is 0 Å². The number of nitrogens with zero attached hydrogens (tertiary/aromatic N) is 3. The van der Waals surface area contributed by atoms with Crippen LogP contribution in [0.2, 0.25) is 0 Å². The Bertz CT molecular complexity index is 5050. The van der Waals surface area contributed by atoms with Gasteiger partial charge in [0.1, 0.15) is 82.9 Å². The van der Waals surface area contributed by atoms with Crippen molar-refractivity contribution in [1.29, 1.82) is 0 Å². The molecule has 124 heavy (non-hydrogen) atoms. The minimum Gasteiger partial charge on any atom is -0.508 e. The summed E-state index contributed by atoms with van der Waals surface area (Å²) < 4.78 is 5.96. The lowest BCUT2D eigenvalue weighted by atomic mass is 9.90. The first kappa shape index (κ1) is 95.6. The largest absolute Gasteiger partial charge is 0.508 e. The third-order valence-corrected chi connectivity index (χ3v) is 21.4. The van der Waals surface area contributed by atoms with Crippen LogP contribution in [0.5, 0.6) is 11.5 Å². The lowest BCUT2D eigenvalue weighted by Crippen LogP contribution is -2.58. The van der Waals surface area contributed by atoms with Gasteiger partial charge < -0.3 is 97.2 Å². The number of ketones is 2. The van der Waals surface area contributed by atoms with Crippen molar-refractivity contribution in [2.45, 2.75) is 171 Å². The summed E-state index contributed by atoms with van der Waals surface area (Å²) in [5.74, 6) is -7.25. The van der Waals surface area contributed by atoms with E-state index in [1.54, 1.807) is 54.7 Å². The van der Waals surface area contributed by atoms with E-state index in [1.807, 2.05) is 134 Å². The lowest BCUT2D eigenvalue weighted by Gasteiger charge is -2.26. The Morgan fingerprint density at radius 1 is 0.427 bits per heavy atom. The number of para-hydroxylation sites is 2. The molecule has 0 bridgehead atoms. The van der Waals surface area contributed by atoms with E-state index in [4.69, 9.17) is 21.9 Å². The summed E-state index contributed by atoms with van der Waals surface area (Å²) in [5.41, 5.74) is 24.0. The molecule has 2 fully saturated rings. The zero-order valence-electron chi connectivity index (χ0n) is 69.6. The van der Waals surface area contributed by atoms with Gasteiger partial charge in [-0.3, -0.25) is 52.9 Å². The number of carbonyl (C=O) groups excluding carboxylic acids is 10. The van der Waals surface area contributed by atoms with Crippen LogP contribution in [-0.4, -0.2) is 153 Å². The minimum absolute atomic E-state index is 0. The van der Waals surface area contributed by atoms with Crippen LogP contribution < -0.4 is 82.1 Å². The normalized spacial score (nSPS) is 19.8. The molecule has 2 aromatic heterocycles. The summed E-state index contributed by atoms with van der Waals surface area (Å²) in [4.78, 5) is 162. The number of carbonyl (C=O) groups is 10. The molecule has 8 amide bonds. The molecule has 0 radical (unpaired) electrons. The van der Waals surface area contributed by atoms with E-state index in [1.165, 1.54) is 12.1 Å². The Kier molecular flexibility index (Phi) is 38.4. The fourth-order valence-electron chi connectivity index (χ4n) is 14.7. The van der Waals surface area contributed by atoms with E-state index >= 15 is 0 Å². The predicted octanol–water partition coefficient (Wildman–Crippen LogP) is 7.37. The number of amides is 8. The van der Waals surface area contributed by atoms with E-state index in [0.717, 1.165) is 56.0 Å². The van der Waals surface area contributed by atoms with E-state index in [9.17, 15) is 63.2 Å². The number of phenols is 1. The van der Waals surface area contributed by atoms with Crippen molar-refractivity contribution in [3.05, 3.63) is 250 Å². The van der Waals surface area contributed by atoms with Crippen molar-refractivity contribution in [1.82, 2.24) is 70.1 Å². The van der Waals surface area contributed by atoms with E-state index in [0.29, 0.717) is 87.9 Å². The van der Waals surface area contributed by atoms with Crippen molar-refractivity contribution in [2.75, 3.05) is 26.2 Å². The molecule has 8 atom stereocenters. The number of hydrogen-bond donors (Lipinski definition) is 17. The van der Waals surface area contributed by atoms with Crippen molar-refractivity contribution in [3.63, 3.8) is 0 Å². The van der Waals surface area contributed by atoms with Crippen molar-refractivity contribution in [3.8, 4) is 11.5 Å². The highest BCUT2D eigenvalue weighted by Gasteiger charge is 2.37. The van der Waals surface area contributed by atoms with Gasteiger partial charge in [-0.2, -0.15) is 0 Å². The molecule has 24 N–H and O–H groups in total. The van der Waals surface area contributed by atoms with Gasteiger partial charge in [-0.15, -0.1) is 0 Å². The minimum atomic E-state index is -1.25. The maximum Gasteiger partial charge on any atom is 0.266 e. The number of aromatic nitrogens is 2. The smallest absolute Gasteiger partial charge is 0.266 e. The molecule has 7 aromatic carbocycles. The van der Waals surface area contributed by atoms with Crippen LogP contribution in [0.4, 0.5) is 0 Å². The Balaban J connectivity index is 0.000000307. The number of guanidine groups is 2. The highest BCUT2D eigenvalue weighted by atomic mass is 16.7. The third-order valence-electron chi connectivity index (χ3n) is 21.4. The van der Waals surface area contributed by atoms with Gasteiger partial charge in [0.25, 0.3) is 5.96 Å². The van der Waals surface area contributed by atoms with Gasteiger partial charge in [0.2, 0.25) is 47.3 Å². The van der Waals surface area contributed by atoms with Gasteiger partial charge in [0, 0.05) is 98.9 Å². The second-order valence-electron chi connectivity index (χ2n) is 30.6. The van der Waals surface area contributed by atoms with Crippen LogP contribution in [0, 0.1) is 22.0 Å². The molecular weight excluding hydrogens is 1580 g/mol. The fraction of sp³-hybridized carbons (Fsp3) is 0.363. The molecule has 33 nitrogen and oxygen atoms in total. The number of aromatic amines is 2. The quantitative estimate of drug-likeness (QED) is 0.00701. The number of Topliss-reactive ketones (excluding diaryl/α,β-unsaturated/α-hetero) is 2. The number of nitrogens with two attached hydrogens (primary N) is 3. The number of phenolic OH excluding ortho intramolecular Hbond substituents is 1. The Morgan fingerprint density at radius 3 is 1.26 bits per heavy atom. The van der Waals surface area contributed by atoms with Gasteiger partial charge in [-0.05, 0) is 140 Å². The van der Waals surface area contributed by atoms with Crippen molar-refractivity contribution >= 4 is 92.5 Å². The Hall–Kier alpha value is -13.8. The van der Waals surface area contributed by atoms with Gasteiger partial charge in [-0.1, -0.05) is 177 Å². The van der Waals surface area contributed by atoms with Gasteiger partial charge >= 0.3 is 0 Å². The number of nitro groups is 1. The standard InChI is InChI=1S/C49H57N9O8.C42H52N8O6.2H3N/c50-49(57-58(64)65)52-27-13-20-41-47(62)56-43(30-36-31-53-40-19-11-10-18-38(36)40)46(61)51-26-12-2-1-9-21-44(59)39(45(60)55-42(48(63)54-41)29-33-14-5-3-6-15-33)28-34-22-24-37(25-23-34)66-32-35-16-7-4-8-17-35;43-42(44)46-22-10-15-34-40(55)50-36(25-29-26-47-33-14-8-7-13-31(29)33)39(54)45-21-9-2-1-6-16-37(52)32(23-28-17-19-30(51)20-18-28)38(53)49-35(41(56)48-34)24-27-11-4-3-5-12-27;;/h3-8,10-11,14-19,22-25,31,39,41-43,53H,1-2,9,12-13,20-21,26-30,32H2,(H,51,61)(H,54,63)(H,55,60)(H,56,62)(H3,50,52,57);3-5,7-8,11-14,17-20,26,32,34-36,47,51H,1-2,6,9-10,15-16,21-25H2,(H,45,54)(H,48,56)(H,49,53)(H,50,55)(H4,43,44,46);2*1H3/t39-,41+,42-,43+;32-,34+,35-,36+;;/m11../s1. The summed E-state index contributed by atoms with van der Waals surface area (Å²) in [7, 11) is 0. The molecule has 2 saturated heterocycles. The molecule has 2 aliphatic rings. The topological polar surface area (TPSA) is 556 Å². The second-order valence-corrected chi connectivity index (χ2v) is 30.6. The predicted molar refractivity (Wildman–Crippen MR) is 474 cm³/mol. The maximum absolute atomic E-state index is 14.5. The van der Waals surface area contributed by atoms with Crippen LogP contribution in [-0.2, 0) is 93.1 Å². The average Bonchev–Trinajstić information content (AvgIpc) is 1.38. The molecule has 9 aromatic rings. The third kappa shape index (κ3) is 30.7. The number of aliphatic imine (C=N–C) groups is 1. The van der Waals surface area contributed by atoms with Gasteiger partial charge in [0.15, 0.2) is 11.0 Å². The molecule has 4 heterocycles. The van der Waals surface area contributed by atoms with Gasteiger partial charge in [-0.25, -0.2) is 10.1 Å². The molecule has 0 saturated carbocycles. The van der Waals surface area contributed by atoms with Gasteiger partial charge in [0.05, 0.1) is 0 Å². The first-order valence-corrected chi connectivity index (χ1v) is 41.5. The summed E-state index contributed by atoms with van der Waals surface area (Å²) in [6.45, 7) is 1.30. The Labute approximate surface area is 719 Å². The van der Waals surface area contributed by atoms with Crippen LogP contribution in [0.15, 0.2) is 211 Å². The summed E-state index contributed by atoms with van der Waals surface area (Å²) in [5, 5.41) is 50.3. The van der Waals surface area contributed by atoms with E-state index in [-0.39, 0.29) is 125 Å². The summed E-state index contributed by atoms with van der Waals surface area (Å²) in [6, 6.07) is 49.9. The number of rotatable bonds is 24. The zero-order valence-corrected chi connectivity index (χ0v) is 69.6. The SMILES string of the molecule is N.N.N/C(=N\[N+](=O)[O-])NCCC[C@@H]1NC(=O)[C@@H](Cc2ccccc2)NC(=O)[C@H](Cc2ccc(OCc3ccccc3)cc2)C(=O)CCCCCCNC(=O)[C@H](Cc2c[nH]c3ccccc23)NC1=O.NC(N)=NCCC[C@@H]1NC(=O)[C@@H](Cc2ccccc2)NC(=O)[C@H](Cc2ccc(O)cc2)C(=O)CCCCCCNC(=O)[C@H](Cc2c[nH]c3ccccc23)NC1=O. The van der Waals surface area contributed by atoms with E-state index < -0.39 is 100 Å². The van der Waals surface area contributed by atoms with Crippen LogP contribution in [0.25, 0.3) is 21.8 Å². The number of ether oxygens (including phenoxy) is 1. The number of hydrogen-bond acceptors (Lipinski definition) is 17. The molecule has 0 unspecified atom stereocenters. The number of fused-ring (bicyclic) bond motifs is 2. The number of H-pyrrole nitrogens is 2. The van der Waals surface area contributed by atoms with E-state index in [2.05, 4.69) is 67.9 Å². The maximum atomic E-state index is 14.5. The molecule has 0 aliphatic carbocycles. The molecule has 658 valence electrons. The fourth-order valence-corrected chi connectivity index (χ4v) is 14.7. The zero-order chi connectivity index (χ0) is 86.5. The highest BCUT2D eigenvalue weighted by molar-refractivity contribution is 6.05. The van der Waals surface area contributed by atoms with Crippen molar-refractivity contribution in [2.24, 2.45) is 39.1 Å². The average molecular weight is 1700 g/mol. The first-order chi connectivity index (χ1) is 59.1. The molecule has 0 spiro atoms. The summed E-state index contributed by atoms with van der Waals surface area (Å²) >= 11 is 0. The number of nitrogens with one attached hydrogen (secondary N) is 11. The van der Waals surface area contributed by atoms with Crippen LogP contribution in [0.1, 0.15) is 129 Å². The number of aromatic hydroxyl groups is 1. The monoisotopic (exact) mass is 1700 g/mol. The Morgan fingerprint density at radius 2 is 0.806 bits per heavy atom. The van der Waals surface area contributed by atoms with Crippen molar-refractivity contribution < 1.29 is 62.8 Å². The number of benzene rings is 7. The second kappa shape index (κ2) is 49.8. The van der Waals surface area contributed by atoms with Crippen LogP contribution in [0.3, 0.4) is 0 Å².